The van der Waals surface area contributed by atoms with Crippen LogP contribution in [0.1, 0.15) is 174 Å². The highest BCUT2D eigenvalue weighted by molar-refractivity contribution is 6.04. The van der Waals surface area contributed by atoms with Crippen molar-refractivity contribution >= 4 is 92.4 Å². The highest BCUT2D eigenvalue weighted by atomic mass is 16.6. The number of Topliss-reactive ketones (excluding diaryl/α,β-unsaturated/α-hetero) is 2. The highest BCUT2D eigenvalue weighted by Crippen LogP contribution is 2.34. The summed E-state index contributed by atoms with van der Waals surface area (Å²) in [5.74, 6) is -7.72. The lowest BCUT2D eigenvalue weighted by Gasteiger charge is -2.35. The summed E-state index contributed by atoms with van der Waals surface area (Å²) in [7, 11) is 0. The number of carboxylic acids is 1. The van der Waals surface area contributed by atoms with Crippen molar-refractivity contribution in [2.24, 2.45) is 0 Å². The number of carboxylic acid groups (broad SMARTS) is 1. The Labute approximate surface area is 569 Å². The largest absolute Gasteiger partial charge is 0.481 e. The van der Waals surface area contributed by atoms with Gasteiger partial charge in [-0.15, -0.1) is 0 Å². The Kier molecular flexibility index (Phi) is 23.8. The van der Waals surface area contributed by atoms with Crippen LogP contribution in [0.15, 0.2) is 121 Å². The van der Waals surface area contributed by atoms with Crippen LogP contribution in [0.3, 0.4) is 0 Å². The molecule has 0 aromatic heterocycles. The number of carbonyl (C=O) groups excluding carboxylic acids is 11. The fourth-order valence-corrected chi connectivity index (χ4v) is 13.6. The first kappa shape index (κ1) is 72.2. The number of carbonyl (C=O) groups is 12. The van der Waals surface area contributed by atoms with E-state index in [2.05, 4.69) is 21.3 Å². The van der Waals surface area contributed by atoms with Crippen LogP contribution in [0.25, 0.3) is 21.5 Å². The molecule has 516 valence electrons. The third kappa shape index (κ3) is 18.1. The second kappa shape index (κ2) is 32.3. The molecule has 4 heterocycles. The zero-order chi connectivity index (χ0) is 70.5. The van der Waals surface area contributed by atoms with Gasteiger partial charge in [-0.2, -0.15) is 0 Å². The number of aryl methyl sites for hydroxylation is 4. The van der Waals surface area contributed by atoms with Gasteiger partial charge in [0.2, 0.25) is 23.6 Å². The van der Waals surface area contributed by atoms with E-state index in [1.54, 1.807) is 108 Å². The van der Waals surface area contributed by atoms with Crippen molar-refractivity contribution in [3.63, 3.8) is 0 Å². The summed E-state index contributed by atoms with van der Waals surface area (Å²) in [5.41, 5.74) is 3.36. The standard InChI is InChI=1S/C40H47N3O8.C36H39N3O8/c1-24-11-10-12-25(2)35(24)39(49)50-23-33(44)31(22-34(45)51-40(3,4)5)42-37(47)32-20-19-29-15-8-9-16-30(38(48)43(29)32)41-36(46)28-18-17-26-13-6-7-14-27(26)21-28;1-21-8-7-9-22(2)32(21)36(46)47-20-30(40)28(19-31(41)42)38-34(44)29-17-16-26-12-5-6-13-27(35(45)39(26)29)37-33(43)25-15-14-23-10-3-4-11-24(23)18-25/h6-7,10-14,17-18,21,29-32H,8-9,15-16,19-20,22-23H2,1-5H3,(H,41,46)(H,42,47);3-4,7-11,14-15,18,26-29H,5-6,12-13,16-17,19-20H2,1-2H3,(H,37,43)(H,38,44)(H,41,42)/t29-,30-,31-,32-;26-,27-,28-,29-/m00/s1. The van der Waals surface area contributed by atoms with Gasteiger partial charge in [0.05, 0.1) is 24.0 Å². The molecule has 4 saturated heterocycles. The molecule has 5 N–H and O–H groups in total. The Morgan fingerprint density at radius 2 is 0.857 bits per heavy atom. The van der Waals surface area contributed by atoms with Gasteiger partial charge in [-0.05, 0) is 168 Å². The lowest BCUT2D eigenvalue weighted by atomic mass is 9.98. The first-order valence-electron chi connectivity index (χ1n) is 33.5. The van der Waals surface area contributed by atoms with Crippen LogP contribution in [-0.4, -0.2) is 153 Å². The summed E-state index contributed by atoms with van der Waals surface area (Å²) in [6, 6.07) is 29.8. The Bertz CT molecular complexity index is 4020. The van der Waals surface area contributed by atoms with E-state index in [0.717, 1.165) is 47.2 Å². The van der Waals surface area contributed by atoms with Crippen molar-refractivity contribution < 1.29 is 76.9 Å². The van der Waals surface area contributed by atoms with Crippen molar-refractivity contribution in [1.29, 1.82) is 0 Å². The van der Waals surface area contributed by atoms with Crippen LogP contribution < -0.4 is 21.3 Å². The molecule has 0 aliphatic carbocycles. The average Bonchev–Trinajstić information content (AvgIpc) is 1.60. The number of aliphatic carboxylic acids is 1. The molecule has 6 aromatic carbocycles. The van der Waals surface area contributed by atoms with Gasteiger partial charge in [-0.1, -0.05) is 123 Å². The number of fused-ring (bicyclic) bond motifs is 4. The van der Waals surface area contributed by atoms with Crippen molar-refractivity contribution in [3.05, 3.63) is 166 Å². The molecule has 4 aliphatic heterocycles. The number of esters is 3. The Morgan fingerprint density at radius 3 is 1.24 bits per heavy atom. The van der Waals surface area contributed by atoms with E-state index in [1.165, 1.54) is 4.90 Å². The molecule has 0 bridgehead atoms. The van der Waals surface area contributed by atoms with E-state index in [-0.39, 0.29) is 29.8 Å². The summed E-state index contributed by atoms with van der Waals surface area (Å²) in [6.45, 7) is 10.6. The van der Waals surface area contributed by atoms with Crippen LogP contribution in [0.4, 0.5) is 0 Å². The second-order valence-corrected chi connectivity index (χ2v) is 26.9. The van der Waals surface area contributed by atoms with Crippen molar-refractivity contribution in [3.8, 4) is 0 Å². The number of nitrogens with zero attached hydrogens (tertiary/aromatic N) is 2. The molecule has 6 aromatic rings. The predicted molar refractivity (Wildman–Crippen MR) is 364 cm³/mol. The van der Waals surface area contributed by atoms with Crippen LogP contribution >= 0.6 is 0 Å². The van der Waals surface area contributed by atoms with E-state index in [1.807, 2.05) is 66.7 Å². The number of benzene rings is 6. The van der Waals surface area contributed by atoms with Gasteiger partial charge in [-0.3, -0.25) is 47.9 Å². The third-order valence-corrected chi connectivity index (χ3v) is 18.6. The van der Waals surface area contributed by atoms with Gasteiger partial charge >= 0.3 is 23.9 Å². The maximum atomic E-state index is 14.1. The molecule has 4 aliphatic rings. The first-order chi connectivity index (χ1) is 46.7. The van der Waals surface area contributed by atoms with Gasteiger partial charge in [0.1, 0.15) is 41.9 Å². The maximum absolute atomic E-state index is 14.1. The molecule has 22 nitrogen and oxygen atoms in total. The average molecular weight is 1340 g/mol. The number of ketones is 2. The zero-order valence-electron chi connectivity index (χ0n) is 56.4. The lowest BCUT2D eigenvalue weighted by Crippen LogP contribution is -2.58. The molecule has 0 saturated carbocycles. The maximum Gasteiger partial charge on any atom is 0.339 e. The van der Waals surface area contributed by atoms with E-state index < -0.39 is 121 Å². The molecular formula is C76H86N6O16. The van der Waals surface area contributed by atoms with Crippen LogP contribution in [0, 0.1) is 27.7 Å². The smallest absolute Gasteiger partial charge is 0.339 e. The molecule has 22 heteroatoms. The van der Waals surface area contributed by atoms with Crippen molar-refractivity contribution in [2.45, 2.75) is 192 Å². The monoisotopic (exact) mass is 1340 g/mol. The van der Waals surface area contributed by atoms with E-state index in [4.69, 9.17) is 14.2 Å². The fraction of sp³-hybridized carbons (Fsp3) is 0.421. The molecule has 4 fully saturated rings. The second-order valence-electron chi connectivity index (χ2n) is 26.9. The quantitative estimate of drug-likeness (QED) is 0.0352. The molecule has 0 unspecified atom stereocenters. The van der Waals surface area contributed by atoms with Crippen LogP contribution in [0.5, 0.6) is 0 Å². The predicted octanol–water partition coefficient (Wildman–Crippen LogP) is 9.01. The van der Waals surface area contributed by atoms with E-state index in [9.17, 15) is 62.6 Å². The number of nitrogens with one attached hydrogen (secondary N) is 4. The molecule has 0 spiro atoms. The molecule has 10 rings (SSSR count). The van der Waals surface area contributed by atoms with E-state index in [0.29, 0.717) is 95.9 Å². The van der Waals surface area contributed by atoms with Crippen LogP contribution in [-0.2, 0) is 52.6 Å². The molecule has 6 amide bonds. The molecule has 98 heavy (non-hydrogen) atoms. The normalized spacial score (nSPS) is 19.8. The summed E-state index contributed by atoms with van der Waals surface area (Å²) >= 11 is 0. The number of hydrogen-bond donors (Lipinski definition) is 5. The number of ether oxygens (including phenoxy) is 3. The minimum absolute atomic E-state index is 0.216. The van der Waals surface area contributed by atoms with Gasteiger partial charge < -0.3 is 50.4 Å². The van der Waals surface area contributed by atoms with Crippen molar-refractivity contribution in [1.82, 2.24) is 31.1 Å². The minimum Gasteiger partial charge on any atom is -0.481 e. The SMILES string of the molecule is Cc1cccc(C)c1C(=O)OCC(=O)[C@H](CC(=O)O)NC(=O)[C@@H]1CC[C@@H]2CCCC[C@H](NC(=O)c3ccc4ccccc4c3)C(=O)N21.Cc1cccc(C)c1C(=O)OCC(=O)[C@H](CC(=O)OC(C)(C)C)NC(=O)[C@@H]1CC[C@@H]2CCCC[C@H](NC(=O)c3ccc4ccccc4c3)C(=O)N21. The van der Waals surface area contributed by atoms with E-state index >= 15 is 0 Å². The third-order valence-electron chi connectivity index (χ3n) is 18.6. The van der Waals surface area contributed by atoms with Crippen molar-refractivity contribution in [2.75, 3.05) is 13.2 Å². The Balaban J connectivity index is 0.000000230. The zero-order valence-corrected chi connectivity index (χ0v) is 56.4. The first-order valence-corrected chi connectivity index (χ1v) is 33.5. The molecule has 8 atom stereocenters. The van der Waals surface area contributed by atoms with Gasteiger partial charge in [0.15, 0.2) is 24.8 Å². The Hall–Kier alpha value is -10.1. The van der Waals surface area contributed by atoms with Gasteiger partial charge in [0, 0.05) is 23.2 Å². The fourth-order valence-electron chi connectivity index (χ4n) is 13.6. The molecular weight excluding hydrogens is 1250 g/mol. The number of rotatable bonds is 20. The Morgan fingerprint density at radius 1 is 0.480 bits per heavy atom. The molecule has 0 radical (unpaired) electrons. The lowest BCUT2D eigenvalue weighted by molar-refractivity contribution is -0.157. The summed E-state index contributed by atoms with van der Waals surface area (Å²) in [5, 5.41) is 24.3. The summed E-state index contributed by atoms with van der Waals surface area (Å²) < 4.78 is 16.0. The number of amides is 6. The number of hydrogen-bond acceptors (Lipinski definition) is 15. The summed E-state index contributed by atoms with van der Waals surface area (Å²) in [4.78, 5) is 162. The highest BCUT2D eigenvalue weighted by Gasteiger charge is 2.47. The van der Waals surface area contributed by atoms with Gasteiger partial charge in [-0.25, -0.2) is 9.59 Å². The van der Waals surface area contributed by atoms with Gasteiger partial charge in [0.25, 0.3) is 11.8 Å². The minimum atomic E-state index is -1.47. The van der Waals surface area contributed by atoms with Crippen LogP contribution in [0.2, 0.25) is 0 Å². The topological polar surface area (TPSA) is 307 Å². The summed E-state index contributed by atoms with van der Waals surface area (Å²) in [6.07, 6.45) is 5.89.